The fourth-order valence-corrected chi connectivity index (χ4v) is 1.65. The van der Waals surface area contributed by atoms with Crippen LogP contribution in [0.4, 0.5) is 0 Å². The fourth-order valence-electron chi connectivity index (χ4n) is 1.16. The van der Waals surface area contributed by atoms with Crippen molar-refractivity contribution in [3.63, 3.8) is 0 Å². The second-order valence-corrected chi connectivity index (χ2v) is 3.79. The molecule has 1 aromatic carbocycles. The smallest absolute Gasteiger partial charge is 0.116 e. The van der Waals surface area contributed by atoms with E-state index >= 15 is 0 Å². The van der Waals surface area contributed by atoms with Gasteiger partial charge in [0.25, 0.3) is 0 Å². The first-order chi connectivity index (χ1) is 7.47. The number of hydrogen-bond acceptors (Lipinski definition) is 4. The van der Waals surface area contributed by atoms with Gasteiger partial charge in [0.15, 0.2) is 0 Å². The molecule has 0 amide bonds. The summed E-state index contributed by atoms with van der Waals surface area (Å²) in [5.74, 6) is 1.06. The number of aromatic nitrogens is 2. The van der Waals surface area contributed by atoms with Crippen LogP contribution in [0.25, 0.3) is 10.9 Å². The van der Waals surface area contributed by atoms with Crippen molar-refractivity contribution in [2.45, 2.75) is 0 Å². The van der Waals surface area contributed by atoms with Crippen LogP contribution in [0.1, 0.15) is 0 Å². The molecule has 3 rings (SSSR count). The first-order valence-corrected chi connectivity index (χ1v) is 5.66. The number of fused-ring (bicyclic) bond motifs is 1. The molecule has 0 aliphatic carbocycles. The van der Waals surface area contributed by atoms with E-state index < -0.39 is 0 Å². The van der Waals surface area contributed by atoms with E-state index in [1.807, 2.05) is 42.1 Å². The largest absolute Gasteiger partial charge is 0.381 e. The van der Waals surface area contributed by atoms with Gasteiger partial charge in [0.05, 0.1) is 11.4 Å². The van der Waals surface area contributed by atoms with Crippen LogP contribution in [0.2, 0.25) is 0 Å². The molecular weight excluding hydrogens is 206 g/mol. The number of thioether (sulfide) groups is 1. The van der Waals surface area contributed by atoms with Crippen LogP contribution in [0.3, 0.4) is 0 Å². The molecule has 2 heterocycles. The van der Waals surface area contributed by atoms with Gasteiger partial charge in [-0.25, -0.2) is 9.97 Å². The molecule has 1 N–H and O–H groups in total. The highest BCUT2D eigenvalue weighted by Gasteiger charge is 1.87. The summed E-state index contributed by atoms with van der Waals surface area (Å²) in [7, 11) is 0. The Morgan fingerprint density at radius 2 is 2.20 bits per heavy atom. The van der Waals surface area contributed by atoms with E-state index in [1.54, 1.807) is 18.1 Å². The van der Waals surface area contributed by atoms with Crippen molar-refractivity contribution in [2.75, 3.05) is 5.88 Å². The highest BCUT2D eigenvalue weighted by atomic mass is 32.2. The predicted octanol–water partition coefficient (Wildman–Crippen LogP) is 2.38. The third kappa shape index (κ3) is 2.95. The van der Waals surface area contributed by atoms with Gasteiger partial charge in [-0.15, -0.1) is 11.8 Å². The van der Waals surface area contributed by atoms with Gasteiger partial charge in [0.2, 0.25) is 0 Å². The first-order valence-electron chi connectivity index (χ1n) is 4.61. The lowest BCUT2D eigenvalue weighted by molar-refractivity contribution is 1.08. The second-order valence-electron chi connectivity index (χ2n) is 2.90. The van der Waals surface area contributed by atoms with Crippen molar-refractivity contribution in [2.24, 2.45) is 0 Å². The maximum absolute atomic E-state index is 4.07. The third-order valence-electron chi connectivity index (χ3n) is 1.86. The molecule has 1 aliphatic heterocycles. The van der Waals surface area contributed by atoms with Crippen LogP contribution in [-0.2, 0) is 0 Å². The van der Waals surface area contributed by atoms with Crippen molar-refractivity contribution in [1.82, 2.24) is 15.3 Å². The van der Waals surface area contributed by atoms with E-state index in [0.717, 1.165) is 16.8 Å². The van der Waals surface area contributed by atoms with Crippen LogP contribution in [0.5, 0.6) is 0 Å². The van der Waals surface area contributed by atoms with E-state index in [0.29, 0.717) is 0 Å². The zero-order valence-electron chi connectivity index (χ0n) is 8.13. The molecule has 3 nitrogen and oxygen atoms in total. The van der Waals surface area contributed by atoms with E-state index in [-0.39, 0.29) is 0 Å². The van der Waals surface area contributed by atoms with Gasteiger partial charge in [-0.2, -0.15) is 0 Å². The number of para-hydroxylation sites is 1. The van der Waals surface area contributed by atoms with Crippen molar-refractivity contribution >= 4 is 22.7 Å². The van der Waals surface area contributed by atoms with Crippen molar-refractivity contribution < 1.29 is 0 Å². The average Bonchev–Trinajstić information content (AvgIpc) is 2.88. The summed E-state index contributed by atoms with van der Waals surface area (Å²) in [6.07, 6.45) is 5.31. The monoisotopic (exact) mass is 217 g/mol. The zero-order valence-corrected chi connectivity index (χ0v) is 8.95. The number of nitrogens with one attached hydrogen (secondary N) is 1. The van der Waals surface area contributed by atoms with E-state index in [1.165, 1.54) is 0 Å². The molecule has 0 unspecified atom stereocenters. The van der Waals surface area contributed by atoms with Crippen LogP contribution in [0, 0.1) is 0 Å². The van der Waals surface area contributed by atoms with Gasteiger partial charge >= 0.3 is 0 Å². The summed E-state index contributed by atoms with van der Waals surface area (Å²) >= 11 is 1.78. The summed E-state index contributed by atoms with van der Waals surface area (Å²) in [5, 5.41) is 6.13. The van der Waals surface area contributed by atoms with Crippen LogP contribution in [0.15, 0.2) is 48.4 Å². The lowest BCUT2D eigenvalue weighted by atomic mass is 10.2. The van der Waals surface area contributed by atoms with Gasteiger partial charge in [-0.05, 0) is 11.5 Å². The summed E-state index contributed by atoms with van der Waals surface area (Å²) in [4.78, 5) is 7.97. The number of nitrogens with zero attached hydrogens (tertiary/aromatic N) is 2. The molecule has 4 heteroatoms. The molecule has 15 heavy (non-hydrogen) atoms. The van der Waals surface area contributed by atoms with E-state index in [2.05, 4.69) is 15.3 Å². The maximum Gasteiger partial charge on any atom is 0.116 e. The van der Waals surface area contributed by atoms with Crippen LogP contribution >= 0.6 is 11.8 Å². The molecule has 0 atom stereocenters. The SMILES string of the molecule is C1=CSCN1.c1ccc2ncncc2c1. The molecule has 76 valence electrons. The topological polar surface area (TPSA) is 37.8 Å². The average molecular weight is 217 g/mol. The third-order valence-corrected chi connectivity index (χ3v) is 2.52. The molecule has 0 spiro atoms. The summed E-state index contributed by atoms with van der Waals surface area (Å²) in [6.45, 7) is 0. The maximum atomic E-state index is 4.07. The minimum absolute atomic E-state index is 0.998. The Kier molecular flexibility index (Phi) is 3.57. The molecular formula is C11H11N3S. The molecule has 0 saturated heterocycles. The van der Waals surface area contributed by atoms with Gasteiger partial charge in [-0.3, -0.25) is 0 Å². The van der Waals surface area contributed by atoms with Gasteiger partial charge < -0.3 is 5.32 Å². The summed E-state index contributed by atoms with van der Waals surface area (Å²) < 4.78 is 0. The minimum atomic E-state index is 0.998. The predicted molar refractivity (Wildman–Crippen MR) is 64.3 cm³/mol. The fraction of sp³-hybridized carbons (Fsp3) is 0.0909. The lowest BCUT2D eigenvalue weighted by Gasteiger charge is -1.90. The molecule has 2 aromatic rings. The van der Waals surface area contributed by atoms with Gasteiger partial charge in [0, 0.05) is 17.8 Å². The number of rotatable bonds is 0. The molecule has 0 bridgehead atoms. The number of hydrogen-bond donors (Lipinski definition) is 1. The zero-order chi connectivity index (χ0) is 10.3. The second kappa shape index (κ2) is 5.36. The van der Waals surface area contributed by atoms with Crippen molar-refractivity contribution in [3.05, 3.63) is 48.4 Å². The highest BCUT2D eigenvalue weighted by molar-refractivity contribution is 8.02. The lowest BCUT2D eigenvalue weighted by Crippen LogP contribution is -1.93. The summed E-state index contributed by atoms with van der Waals surface area (Å²) in [6, 6.07) is 7.91. The van der Waals surface area contributed by atoms with Crippen LogP contribution in [-0.4, -0.2) is 15.8 Å². The van der Waals surface area contributed by atoms with Gasteiger partial charge in [0.1, 0.15) is 6.33 Å². The van der Waals surface area contributed by atoms with E-state index in [9.17, 15) is 0 Å². The molecule has 1 aromatic heterocycles. The molecule has 1 aliphatic rings. The Labute approximate surface area is 92.6 Å². The molecule has 0 fully saturated rings. The van der Waals surface area contributed by atoms with Crippen molar-refractivity contribution in [3.8, 4) is 0 Å². The van der Waals surface area contributed by atoms with Crippen molar-refractivity contribution in [1.29, 1.82) is 0 Å². The Hall–Kier alpha value is -1.55. The van der Waals surface area contributed by atoms with E-state index in [4.69, 9.17) is 0 Å². The van der Waals surface area contributed by atoms with Gasteiger partial charge in [-0.1, -0.05) is 18.2 Å². The summed E-state index contributed by atoms with van der Waals surface area (Å²) in [5.41, 5.74) is 0.998. The first kappa shape index (κ1) is 9.98. The standard InChI is InChI=1S/C8H6N2.C3H5NS/c1-2-4-8-7(3-1)5-9-6-10-8;1-2-5-3-4-1/h1-6H;1-2,4H,3H2. The Morgan fingerprint density at radius 1 is 1.27 bits per heavy atom. The Morgan fingerprint density at radius 3 is 2.87 bits per heavy atom. The quantitative estimate of drug-likeness (QED) is 0.735. The Balaban J connectivity index is 0.000000144. The van der Waals surface area contributed by atoms with Crippen LogP contribution < -0.4 is 5.32 Å². The normalized spacial score (nSPS) is 13.1. The minimum Gasteiger partial charge on any atom is -0.381 e. The Bertz CT molecular complexity index is 385. The molecule has 0 radical (unpaired) electrons. The number of benzene rings is 1. The molecule has 0 saturated carbocycles. The highest BCUT2D eigenvalue weighted by Crippen LogP contribution is 2.06.